The Morgan fingerprint density at radius 2 is 1.46 bits per heavy atom. The third-order valence-electron chi connectivity index (χ3n) is 8.53. The summed E-state index contributed by atoms with van der Waals surface area (Å²) in [6.45, 7) is 9.84. The molecule has 0 aliphatic rings. The molecule has 0 aromatic heterocycles. The molecule has 1 atom stereocenters. The Labute approximate surface area is 315 Å². The predicted octanol–water partition coefficient (Wildman–Crippen LogP) is 8.80. The van der Waals surface area contributed by atoms with Gasteiger partial charge in [-0.15, -0.1) is 0 Å². The fraction of sp³-hybridized carbons (Fsp3) is 0.273. The Hall–Kier alpha value is -6.16. The van der Waals surface area contributed by atoms with E-state index in [-0.39, 0.29) is 37.9 Å². The molecule has 0 bridgehead atoms. The van der Waals surface area contributed by atoms with Gasteiger partial charge in [-0.25, -0.2) is 4.79 Å². The molecule has 0 fully saturated rings. The Morgan fingerprint density at radius 1 is 0.815 bits per heavy atom. The lowest BCUT2D eigenvalue weighted by Gasteiger charge is -2.21. The monoisotopic (exact) mass is 730 g/mol. The summed E-state index contributed by atoms with van der Waals surface area (Å²) >= 11 is 0. The van der Waals surface area contributed by atoms with Crippen molar-refractivity contribution in [3.63, 3.8) is 0 Å². The number of rotatable bonds is 18. The zero-order valence-corrected chi connectivity index (χ0v) is 30.9. The molecule has 2 N–H and O–H groups in total. The van der Waals surface area contributed by atoms with Crippen molar-refractivity contribution in [2.45, 2.75) is 52.2 Å². The van der Waals surface area contributed by atoms with Crippen LogP contribution in [-0.2, 0) is 30.5 Å². The smallest absolute Gasteiger partial charge is 0.407 e. The molecule has 54 heavy (non-hydrogen) atoms. The van der Waals surface area contributed by atoms with Gasteiger partial charge < -0.3 is 29.6 Å². The summed E-state index contributed by atoms with van der Waals surface area (Å²) in [6, 6.07) is 30.7. The van der Waals surface area contributed by atoms with Gasteiger partial charge in [-0.05, 0) is 85.0 Å². The topological polar surface area (TPSA) is 129 Å². The highest BCUT2D eigenvalue weighted by molar-refractivity contribution is 6.10. The fourth-order valence-corrected chi connectivity index (χ4v) is 6.19. The van der Waals surface area contributed by atoms with Gasteiger partial charge in [0.1, 0.15) is 36.9 Å². The van der Waals surface area contributed by atoms with E-state index in [0.717, 1.165) is 32.7 Å². The van der Waals surface area contributed by atoms with E-state index < -0.39 is 17.6 Å². The number of hydrogen-bond acceptors (Lipinski definition) is 8. The lowest BCUT2D eigenvalue weighted by atomic mass is 9.92. The molecule has 5 aromatic rings. The number of carbonyl (C=O) groups is 4. The Balaban J connectivity index is 1.38. The molecule has 10 heteroatoms. The minimum Gasteiger partial charge on any atom is -0.489 e. The molecule has 0 unspecified atom stereocenters. The van der Waals surface area contributed by atoms with E-state index in [4.69, 9.17) is 18.9 Å². The van der Waals surface area contributed by atoms with Crippen LogP contribution in [0, 0.1) is 5.92 Å². The van der Waals surface area contributed by atoms with Gasteiger partial charge in [0.2, 0.25) is 5.91 Å². The molecule has 0 radical (unpaired) electrons. The van der Waals surface area contributed by atoms with Crippen LogP contribution in [0.1, 0.15) is 45.6 Å². The summed E-state index contributed by atoms with van der Waals surface area (Å²) in [4.78, 5) is 50.3. The highest BCUT2D eigenvalue weighted by Crippen LogP contribution is 2.45. The number of carbonyl (C=O) groups excluding carboxylic acids is 4. The molecule has 5 aromatic carbocycles. The molecular formula is C44H46N2O8. The van der Waals surface area contributed by atoms with Crippen LogP contribution in [0.25, 0.3) is 32.7 Å². The van der Waals surface area contributed by atoms with Crippen molar-refractivity contribution in [3.8, 4) is 22.6 Å². The van der Waals surface area contributed by atoms with Crippen molar-refractivity contribution >= 4 is 51.5 Å². The van der Waals surface area contributed by atoms with E-state index in [2.05, 4.69) is 17.2 Å². The van der Waals surface area contributed by atoms with Crippen molar-refractivity contribution in [1.82, 2.24) is 5.32 Å². The minimum atomic E-state index is -0.732. The summed E-state index contributed by atoms with van der Waals surface area (Å²) in [5.41, 5.74) is 2.17. The Morgan fingerprint density at radius 3 is 2.09 bits per heavy atom. The van der Waals surface area contributed by atoms with E-state index in [1.165, 1.54) is 0 Å². The average molecular weight is 731 g/mol. The number of anilines is 1. The summed E-state index contributed by atoms with van der Waals surface area (Å²) in [6.07, 6.45) is 1.76. The molecule has 10 nitrogen and oxygen atoms in total. The third kappa shape index (κ3) is 10.7. The van der Waals surface area contributed by atoms with E-state index in [1.54, 1.807) is 51.1 Å². The van der Waals surface area contributed by atoms with E-state index >= 15 is 0 Å². The second kappa shape index (κ2) is 18.6. The summed E-state index contributed by atoms with van der Waals surface area (Å²) in [5.74, 6) is -0.216. The number of benzene rings is 5. The van der Waals surface area contributed by atoms with Crippen LogP contribution in [0.4, 0.5) is 10.5 Å². The standard InChI is InChI=1S/C44H46N2O8/c1-5-24-52-38-21-19-31-13-6-8-17-36(31)40(38)41-37-18-9-7-14-32(37)20-22-39(41)53-28-35(48)26-33(15-11-23-45-43(50)54-44(2,3)4)42(49)46-34-16-10-12-30(25-34)27-51-29-47/h5-10,12-14,16-22,25,29,33H,1,11,15,23-24,26-28H2,2-4H3,(H,45,50)(H,46,49)/t33-/m0/s1. The van der Waals surface area contributed by atoms with Gasteiger partial charge >= 0.3 is 6.09 Å². The predicted molar refractivity (Wildman–Crippen MR) is 211 cm³/mol. The molecule has 0 saturated carbocycles. The molecule has 0 aliphatic heterocycles. The molecule has 5 rings (SSSR count). The summed E-state index contributed by atoms with van der Waals surface area (Å²) in [7, 11) is 0. The number of fused-ring (bicyclic) bond motifs is 2. The maximum Gasteiger partial charge on any atom is 0.407 e. The second-order valence-electron chi connectivity index (χ2n) is 13.8. The van der Waals surface area contributed by atoms with Gasteiger partial charge in [-0.3, -0.25) is 14.4 Å². The average Bonchev–Trinajstić information content (AvgIpc) is 3.15. The number of nitrogens with one attached hydrogen (secondary N) is 2. The van der Waals surface area contributed by atoms with Crippen molar-refractivity contribution in [3.05, 3.63) is 115 Å². The molecule has 2 amide bonds. The number of ether oxygens (including phenoxy) is 4. The van der Waals surface area contributed by atoms with Crippen LogP contribution >= 0.6 is 0 Å². The second-order valence-corrected chi connectivity index (χ2v) is 13.8. The zero-order valence-electron chi connectivity index (χ0n) is 30.9. The quantitative estimate of drug-likeness (QED) is 0.0520. The van der Waals surface area contributed by atoms with Crippen LogP contribution in [0.15, 0.2) is 110 Å². The van der Waals surface area contributed by atoms with Crippen molar-refractivity contribution < 1.29 is 38.1 Å². The first-order chi connectivity index (χ1) is 26.1. The van der Waals surface area contributed by atoms with Gasteiger partial charge in [-0.1, -0.05) is 85.5 Å². The first-order valence-corrected chi connectivity index (χ1v) is 17.9. The number of ketones is 1. The molecule has 0 saturated heterocycles. The van der Waals surface area contributed by atoms with Crippen molar-refractivity contribution in [2.75, 3.05) is 25.1 Å². The Bertz CT molecular complexity index is 2120. The first-order valence-electron chi connectivity index (χ1n) is 17.9. The van der Waals surface area contributed by atoms with Crippen molar-refractivity contribution in [2.24, 2.45) is 5.92 Å². The van der Waals surface area contributed by atoms with E-state index in [0.29, 0.717) is 48.7 Å². The Kier molecular flexibility index (Phi) is 13.4. The molecule has 0 aliphatic carbocycles. The minimum absolute atomic E-state index is 0.0558. The van der Waals surface area contributed by atoms with Gasteiger partial charge in [0, 0.05) is 35.7 Å². The van der Waals surface area contributed by atoms with Gasteiger partial charge in [-0.2, -0.15) is 0 Å². The molecule has 0 spiro atoms. The van der Waals surface area contributed by atoms with Crippen LogP contribution in [-0.4, -0.2) is 49.6 Å². The van der Waals surface area contributed by atoms with Crippen LogP contribution in [0.3, 0.4) is 0 Å². The van der Waals surface area contributed by atoms with Gasteiger partial charge in [0.25, 0.3) is 6.47 Å². The van der Waals surface area contributed by atoms with E-state index in [1.807, 2.05) is 72.8 Å². The zero-order chi connectivity index (χ0) is 38.5. The molecule has 0 heterocycles. The highest BCUT2D eigenvalue weighted by atomic mass is 16.6. The van der Waals surface area contributed by atoms with Crippen molar-refractivity contribution in [1.29, 1.82) is 0 Å². The number of amides is 2. The van der Waals surface area contributed by atoms with Crippen LogP contribution < -0.4 is 20.1 Å². The molecule has 280 valence electrons. The van der Waals surface area contributed by atoms with Crippen LogP contribution in [0.2, 0.25) is 0 Å². The number of alkyl carbamates (subject to hydrolysis) is 1. The summed E-state index contributed by atoms with van der Waals surface area (Å²) < 4.78 is 22.7. The lowest BCUT2D eigenvalue weighted by Crippen LogP contribution is -2.33. The highest BCUT2D eigenvalue weighted by Gasteiger charge is 2.25. The van der Waals surface area contributed by atoms with Crippen LogP contribution in [0.5, 0.6) is 11.5 Å². The van der Waals surface area contributed by atoms with E-state index in [9.17, 15) is 19.2 Å². The third-order valence-corrected chi connectivity index (χ3v) is 8.53. The first kappa shape index (κ1) is 39.1. The lowest BCUT2D eigenvalue weighted by molar-refractivity contribution is -0.129. The SMILES string of the molecule is C=CCOc1ccc2ccccc2c1-c1c(OCC(=O)C[C@H](CCCNC(=O)OC(C)(C)C)C(=O)Nc2cccc(COC=O)c2)ccc2ccccc12. The largest absolute Gasteiger partial charge is 0.489 e. The maximum atomic E-state index is 13.7. The fourth-order valence-electron chi connectivity index (χ4n) is 6.19. The maximum absolute atomic E-state index is 13.7. The number of hydrogen-bond donors (Lipinski definition) is 2. The number of Topliss-reactive ketones (excluding diaryl/α,β-unsaturated/α-hetero) is 1. The normalized spacial score (nSPS) is 11.7. The molecular weight excluding hydrogens is 684 g/mol. The van der Waals surface area contributed by atoms with Gasteiger partial charge in [0.15, 0.2) is 5.78 Å². The summed E-state index contributed by atoms with van der Waals surface area (Å²) in [5, 5.41) is 9.52. The van der Waals surface area contributed by atoms with Gasteiger partial charge in [0.05, 0.1) is 0 Å².